The fourth-order valence-electron chi connectivity index (χ4n) is 10.6. The van der Waals surface area contributed by atoms with Gasteiger partial charge in [-0.1, -0.05) is 312 Å². The summed E-state index contributed by atoms with van der Waals surface area (Å²) < 4.78 is 107. The van der Waals surface area contributed by atoms with Gasteiger partial charge in [-0.15, -0.1) is 0 Å². The van der Waals surface area contributed by atoms with E-state index in [9.17, 15) is 43.3 Å². The quantitative estimate of drug-likeness (QED) is 0.0159. The molecule has 612 valence electrons. The Bertz CT molecular complexity index is 4950. The van der Waals surface area contributed by atoms with Crippen LogP contribution in [0.2, 0.25) is 0 Å². The van der Waals surface area contributed by atoms with Gasteiger partial charge in [0.05, 0.1) is 23.0 Å². The number of rotatable bonds is 27. The Kier molecular flexibility index (Phi) is 43.5. The molecular formula is C86H104BBr4ClN6O12S4. The Morgan fingerprint density at radius 3 is 0.974 bits per heavy atom. The van der Waals surface area contributed by atoms with Crippen molar-refractivity contribution in [2.75, 3.05) is 18.4 Å². The smallest absolute Gasteiger partial charge is 0.423 e. The van der Waals surface area contributed by atoms with E-state index in [2.05, 4.69) is 82.3 Å². The predicted molar refractivity (Wildman–Crippen MR) is 482 cm³/mol. The van der Waals surface area contributed by atoms with Gasteiger partial charge in [0, 0.05) is 77.8 Å². The van der Waals surface area contributed by atoms with E-state index in [1.807, 2.05) is 262 Å². The molecule has 0 saturated heterocycles. The van der Waals surface area contributed by atoms with Crippen LogP contribution in [-0.4, -0.2) is 89.7 Å². The maximum atomic E-state index is 13.3. The van der Waals surface area contributed by atoms with E-state index in [-0.39, 0.29) is 59.0 Å². The molecule has 0 spiro atoms. The summed E-state index contributed by atoms with van der Waals surface area (Å²) >= 11 is 13.5. The van der Waals surface area contributed by atoms with Crippen LogP contribution in [0.4, 0.5) is 0 Å². The number of halogens is 5. The highest BCUT2D eigenvalue weighted by molar-refractivity contribution is 9.11. The summed E-state index contributed by atoms with van der Waals surface area (Å²) in [7, 11) is -10.1. The number of nitrogens with zero attached hydrogens (tertiary/aromatic N) is 2. The molecule has 2 amide bonds. The third-order valence-electron chi connectivity index (χ3n) is 16.6. The summed E-state index contributed by atoms with van der Waals surface area (Å²) in [5.41, 5.74) is 26.1. The molecule has 114 heavy (non-hydrogen) atoms. The Hall–Kier alpha value is -7.03. The van der Waals surface area contributed by atoms with Gasteiger partial charge < -0.3 is 27.2 Å². The van der Waals surface area contributed by atoms with E-state index in [4.69, 9.17) is 37.9 Å². The molecule has 0 saturated carbocycles. The molecule has 18 nitrogen and oxygen atoms in total. The first-order valence-corrected chi connectivity index (χ1v) is 47.3. The van der Waals surface area contributed by atoms with Gasteiger partial charge in [-0.2, -0.15) is 8.61 Å². The van der Waals surface area contributed by atoms with Crippen molar-refractivity contribution in [1.29, 1.82) is 0 Å². The van der Waals surface area contributed by atoms with E-state index < -0.39 is 58.1 Å². The van der Waals surface area contributed by atoms with Crippen molar-refractivity contribution in [2.45, 2.75) is 116 Å². The molecule has 0 aromatic heterocycles. The first-order valence-electron chi connectivity index (χ1n) is 36.5. The maximum Gasteiger partial charge on any atom is 0.488 e. The van der Waals surface area contributed by atoms with E-state index in [0.717, 1.165) is 69.2 Å². The van der Waals surface area contributed by atoms with E-state index >= 15 is 0 Å². The van der Waals surface area contributed by atoms with Crippen molar-refractivity contribution in [1.82, 2.24) is 13.3 Å². The number of hydrogen-bond donors (Lipinski definition) is 6. The molecular weight excluding hydrogens is 1800 g/mol. The van der Waals surface area contributed by atoms with Crippen LogP contribution >= 0.6 is 74.4 Å². The number of amides is 2. The molecule has 28 heteroatoms. The number of sulfonamides is 3. The third-order valence-corrected chi connectivity index (χ3v) is 25.7. The number of hydrogen-bond acceptors (Lipinski definition) is 13. The van der Waals surface area contributed by atoms with Crippen molar-refractivity contribution in [2.24, 2.45) is 35.0 Å². The highest BCUT2D eigenvalue weighted by Gasteiger charge is 2.31. The summed E-state index contributed by atoms with van der Waals surface area (Å²) in [6, 6.07) is 80.2. The van der Waals surface area contributed by atoms with Crippen molar-refractivity contribution < 1.29 is 53.3 Å². The van der Waals surface area contributed by atoms with Crippen LogP contribution < -0.4 is 27.4 Å². The molecule has 10 rings (SSSR count). The molecule has 4 atom stereocenters. The number of nitrogens with one attached hydrogen (secondary N) is 1. The largest absolute Gasteiger partial charge is 0.488 e. The van der Waals surface area contributed by atoms with Crippen molar-refractivity contribution in [3.8, 4) is 11.1 Å². The predicted octanol–water partition coefficient (Wildman–Crippen LogP) is 18.4. The van der Waals surface area contributed by atoms with Crippen molar-refractivity contribution in [3.05, 3.63) is 336 Å². The van der Waals surface area contributed by atoms with Crippen LogP contribution in [0.5, 0.6) is 0 Å². The van der Waals surface area contributed by atoms with E-state index in [1.165, 1.54) is 29.8 Å². The van der Waals surface area contributed by atoms with Crippen molar-refractivity contribution in [3.63, 3.8) is 0 Å². The first-order chi connectivity index (χ1) is 53.6. The molecule has 0 fully saturated rings. The van der Waals surface area contributed by atoms with Crippen LogP contribution in [0.1, 0.15) is 159 Å². The molecule has 0 unspecified atom stereocenters. The zero-order chi connectivity index (χ0) is 84.9. The minimum atomic E-state index is -3.50. The lowest BCUT2D eigenvalue weighted by Crippen LogP contribution is -2.37. The summed E-state index contributed by atoms with van der Waals surface area (Å²) in [5.74, 6) is 0.173. The number of carbonyl (C=O) groups is 2. The van der Waals surface area contributed by atoms with Gasteiger partial charge in [-0.3, -0.25) is 9.59 Å². The van der Waals surface area contributed by atoms with Gasteiger partial charge in [-0.05, 0) is 167 Å². The second-order valence-electron chi connectivity index (χ2n) is 27.9. The lowest BCUT2D eigenvalue weighted by molar-refractivity contribution is 0.0992. The van der Waals surface area contributed by atoms with Gasteiger partial charge >= 0.3 is 7.12 Å². The molecule has 10 aromatic carbocycles. The monoisotopic (exact) mass is 1900 g/mol. The minimum Gasteiger partial charge on any atom is -0.423 e. The molecule has 0 heterocycles. The lowest BCUT2D eigenvalue weighted by Gasteiger charge is -2.30. The average molecular weight is 1910 g/mol. The van der Waals surface area contributed by atoms with Crippen LogP contribution in [0.15, 0.2) is 280 Å². The highest BCUT2D eigenvalue weighted by atomic mass is 79.9. The Morgan fingerprint density at radius 2 is 0.684 bits per heavy atom. The standard InChI is InChI=1S/C26H30N2O3S.C19H24BrNO2S.C15H16BrNO2S.C8H10BrN.C7H8BNO3.C7H7ClO2S.C4H9Br/c1-19(2)17-28(32(30,31)18-21-7-5-4-6-8-21)20(3)22-9-11-23(12-10-22)24-13-15-25(16-14-24)26(27)29;1-15(2)13-21(16(3)18-9-11-19(20)12-10-18)24(22,23)14-17-7-5-4-6-8-17;1-12(14-7-9-15(16)10-8-14)17-20(18,19)11-13-5-3-2-4-6-13;1-6(10)7-2-4-8(9)5-3-7;9-7(10)5-1-3-6(4-2-5)8(11)12;8-11(9,10)6-7-4-2-1-3-5-7;1-4(2)3-5/h4-16,19-20H,17-18H2,1-3H3,(H2,27,29);4-12,15-16H,13-14H2,1-3H3;2-10,12,17H,11H2,1H3;2-6H,10H2,1H3;1-4,11-12H,(H2,9,10);1-5H,6H2;4H,3H2,1-2H3/t20-;16-;12-;6-;;;/m1111.../s1. The molecule has 10 aromatic rings. The normalized spacial score (nSPS) is 12.4. The summed E-state index contributed by atoms with van der Waals surface area (Å²) in [4.78, 5) is 21.9. The second-order valence-corrected chi connectivity index (χ2v) is 39.7. The fraction of sp³-hybridized carbons (Fsp3) is 0.279. The van der Waals surface area contributed by atoms with Gasteiger partial charge in [0.1, 0.15) is 0 Å². The molecule has 0 aliphatic heterocycles. The molecule has 0 bridgehead atoms. The summed E-state index contributed by atoms with van der Waals surface area (Å²) in [6.45, 7) is 21.1. The molecule has 0 radical (unpaired) electrons. The van der Waals surface area contributed by atoms with Crippen LogP contribution in [-0.2, 0) is 62.1 Å². The van der Waals surface area contributed by atoms with Gasteiger partial charge in [0.15, 0.2) is 0 Å². The van der Waals surface area contributed by atoms with E-state index in [0.29, 0.717) is 35.2 Å². The van der Waals surface area contributed by atoms with Gasteiger partial charge in [-0.25, -0.2) is 38.4 Å². The third kappa shape index (κ3) is 38.4. The number of carbonyl (C=O) groups excluding carboxylic acids is 2. The van der Waals surface area contributed by atoms with Crippen LogP contribution in [0.3, 0.4) is 0 Å². The molecule has 0 aliphatic carbocycles. The van der Waals surface area contributed by atoms with Crippen molar-refractivity contribution >= 4 is 138 Å². The molecule has 0 aliphatic rings. The van der Waals surface area contributed by atoms with Gasteiger partial charge in [0.25, 0.3) is 0 Å². The highest BCUT2D eigenvalue weighted by Crippen LogP contribution is 2.31. The number of primary amides is 2. The van der Waals surface area contributed by atoms with Gasteiger partial charge in [0.2, 0.25) is 50.9 Å². The number of alkyl halides is 1. The Labute approximate surface area is 715 Å². The second kappa shape index (κ2) is 49.9. The topological polar surface area (TPSA) is 308 Å². The zero-order valence-electron chi connectivity index (χ0n) is 65.6. The fourth-order valence-corrected chi connectivity index (χ4v) is 17.6. The minimum absolute atomic E-state index is 0.00525. The lowest BCUT2D eigenvalue weighted by atomic mass is 9.80. The van der Waals surface area contributed by atoms with Crippen LogP contribution in [0, 0.1) is 17.8 Å². The zero-order valence-corrected chi connectivity index (χ0v) is 76.0. The Balaban J connectivity index is 0.000000298. The first kappa shape index (κ1) is 99.3. The molecule has 9 N–H and O–H groups in total. The maximum absolute atomic E-state index is 13.3. The summed E-state index contributed by atoms with van der Waals surface area (Å²) in [6.07, 6.45) is 0. The number of benzene rings is 10. The SMILES string of the molecule is CC(C)CBr.CC(C)CN([C@H](C)c1ccc(-c2ccc(C(N)=O)cc2)cc1)S(=O)(=O)Cc1ccccc1.CC(C)CN([C@H](C)c1ccc(Br)cc1)S(=O)(=O)Cc1ccccc1.C[C@@H](N)c1ccc(Br)cc1.C[C@@H](NS(=O)(=O)Cc1ccccc1)c1ccc(Br)cc1.NC(=O)c1ccc(B(O)O)cc1.O=S(=O)(Cl)Cc1ccccc1. The van der Waals surface area contributed by atoms with E-state index in [1.54, 1.807) is 45.0 Å². The summed E-state index contributed by atoms with van der Waals surface area (Å²) in [5, 5.41) is 18.5. The van der Waals surface area contributed by atoms with Crippen LogP contribution in [0.25, 0.3) is 11.1 Å². The average Bonchev–Trinajstić information content (AvgIpc) is 0.806. The number of nitrogens with two attached hydrogens (primary N) is 3. The Morgan fingerprint density at radius 1 is 0.404 bits per heavy atom.